The van der Waals surface area contributed by atoms with E-state index in [4.69, 9.17) is 0 Å². The van der Waals surface area contributed by atoms with Crippen LogP contribution in [0.25, 0.3) is 10.9 Å². The van der Waals surface area contributed by atoms with Crippen molar-refractivity contribution in [1.82, 2.24) is 13.9 Å². The smallest absolute Gasteiger partial charge is 0.268 e. The van der Waals surface area contributed by atoms with Gasteiger partial charge < -0.3 is 5.11 Å². The largest absolute Gasteiger partial charge is 0.389 e. The lowest BCUT2D eigenvalue weighted by Crippen LogP contribution is -2.36. The minimum absolute atomic E-state index is 0.170. The number of likely N-dealkylation sites (N-methyl/N-ethyl adjacent to an activating group) is 1. The van der Waals surface area contributed by atoms with Crippen LogP contribution in [0.1, 0.15) is 47.0 Å². The van der Waals surface area contributed by atoms with Crippen molar-refractivity contribution in [3.63, 3.8) is 0 Å². The topological polar surface area (TPSA) is 75.4 Å². The Balaban J connectivity index is 1.75. The summed E-state index contributed by atoms with van der Waals surface area (Å²) >= 11 is 0. The van der Waals surface area contributed by atoms with E-state index in [9.17, 15) is 13.5 Å². The van der Waals surface area contributed by atoms with Crippen molar-refractivity contribution < 1.29 is 13.5 Å². The molecule has 0 saturated carbocycles. The van der Waals surface area contributed by atoms with Crippen LogP contribution >= 0.6 is 0 Å². The van der Waals surface area contributed by atoms with Crippen LogP contribution in [0, 0.1) is 6.92 Å². The molecule has 34 heavy (non-hydrogen) atoms. The normalized spacial score (nSPS) is 17.6. The van der Waals surface area contributed by atoms with Crippen LogP contribution < -0.4 is 0 Å². The second-order valence-electron chi connectivity index (χ2n) is 9.16. The molecule has 3 heterocycles. The van der Waals surface area contributed by atoms with Crippen LogP contribution in [-0.4, -0.2) is 41.0 Å². The Bertz CT molecular complexity index is 1460. The van der Waals surface area contributed by atoms with Gasteiger partial charge in [-0.2, -0.15) is 0 Å². The molecule has 1 aliphatic rings. The highest BCUT2D eigenvalue weighted by molar-refractivity contribution is 7.90. The SMILES string of the molecule is Cc1ccc(S(=O)(=O)n2c3c(c4ccccc42)CCN(C)[C@H]3Cc2ccncc2[C@@H](C)O)cc1. The highest BCUT2D eigenvalue weighted by atomic mass is 32.2. The number of rotatable bonds is 5. The van der Waals surface area contributed by atoms with Gasteiger partial charge in [-0.15, -0.1) is 0 Å². The monoisotopic (exact) mass is 475 g/mol. The molecule has 0 amide bonds. The summed E-state index contributed by atoms with van der Waals surface area (Å²) in [7, 11) is -1.79. The third-order valence-electron chi connectivity index (χ3n) is 6.91. The summed E-state index contributed by atoms with van der Waals surface area (Å²) in [5.41, 5.74) is 5.36. The van der Waals surface area contributed by atoms with Crippen molar-refractivity contribution in [1.29, 1.82) is 0 Å². The summed E-state index contributed by atoms with van der Waals surface area (Å²) in [6.07, 6.45) is 4.12. The number of benzene rings is 2. The summed E-state index contributed by atoms with van der Waals surface area (Å²) in [5, 5.41) is 11.3. The lowest BCUT2D eigenvalue weighted by Gasteiger charge is -2.35. The van der Waals surface area contributed by atoms with Crippen LogP contribution in [-0.2, 0) is 22.9 Å². The van der Waals surface area contributed by atoms with Crippen molar-refractivity contribution in [3.05, 3.63) is 94.9 Å². The van der Waals surface area contributed by atoms with Crippen LogP contribution in [0.5, 0.6) is 0 Å². The molecule has 0 unspecified atom stereocenters. The molecule has 176 valence electrons. The van der Waals surface area contributed by atoms with Crippen LogP contribution in [0.4, 0.5) is 0 Å². The van der Waals surface area contributed by atoms with Gasteiger partial charge in [0.2, 0.25) is 0 Å². The quantitative estimate of drug-likeness (QED) is 0.463. The number of nitrogens with zero attached hydrogens (tertiary/aromatic N) is 3. The van der Waals surface area contributed by atoms with Crippen LogP contribution in [0.15, 0.2) is 71.9 Å². The van der Waals surface area contributed by atoms with Gasteiger partial charge in [0.15, 0.2) is 0 Å². The second-order valence-corrected chi connectivity index (χ2v) is 11.0. The standard InChI is InChI=1S/C27H29N3O3S/c1-18-8-10-21(11-9-18)34(32,33)30-25-7-5-4-6-22(25)23-13-15-29(3)26(27(23)30)16-20-12-14-28-17-24(20)19(2)31/h4-12,14,17,19,26,31H,13,15-16H2,1-3H3/t19-,26+/m1/s1. The predicted octanol–water partition coefficient (Wildman–Crippen LogP) is 4.41. The second kappa shape index (κ2) is 8.65. The number of fused-ring (bicyclic) bond motifs is 3. The maximum absolute atomic E-state index is 14.1. The van der Waals surface area contributed by atoms with Crippen LogP contribution in [0.3, 0.4) is 0 Å². The number of hydrogen-bond acceptors (Lipinski definition) is 5. The molecule has 2 atom stereocenters. The van der Waals surface area contributed by atoms with Crippen molar-refractivity contribution in [2.45, 2.75) is 43.7 Å². The van der Waals surface area contributed by atoms with Gasteiger partial charge in [0, 0.05) is 29.9 Å². The first-order chi connectivity index (χ1) is 16.3. The highest BCUT2D eigenvalue weighted by Crippen LogP contribution is 2.40. The fourth-order valence-corrected chi connectivity index (χ4v) is 6.68. The van der Waals surface area contributed by atoms with E-state index >= 15 is 0 Å². The maximum Gasteiger partial charge on any atom is 0.268 e. The molecule has 2 aromatic heterocycles. The minimum Gasteiger partial charge on any atom is -0.389 e. The molecular weight excluding hydrogens is 446 g/mol. The maximum atomic E-state index is 14.1. The number of para-hydroxylation sites is 1. The van der Waals surface area contributed by atoms with E-state index in [-0.39, 0.29) is 10.9 Å². The molecule has 0 radical (unpaired) electrons. The Morgan fingerprint density at radius 3 is 2.59 bits per heavy atom. The summed E-state index contributed by atoms with van der Waals surface area (Å²) in [6.45, 7) is 4.50. The third kappa shape index (κ3) is 3.74. The summed E-state index contributed by atoms with van der Waals surface area (Å²) in [6, 6.07) is 16.6. The van der Waals surface area contributed by atoms with E-state index in [1.807, 2.05) is 56.4 Å². The first-order valence-corrected chi connectivity index (χ1v) is 13.0. The van der Waals surface area contributed by atoms with Gasteiger partial charge >= 0.3 is 0 Å². The number of aliphatic hydroxyl groups excluding tert-OH is 1. The zero-order valence-electron chi connectivity index (χ0n) is 19.6. The molecule has 1 N–H and O–H groups in total. The number of aliphatic hydroxyl groups is 1. The molecule has 6 nitrogen and oxygen atoms in total. The average molecular weight is 476 g/mol. The number of pyridine rings is 1. The van der Waals surface area contributed by atoms with Gasteiger partial charge in [0.1, 0.15) is 0 Å². The molecule has 2 aromatic carbocycles. The third-order valence-corrected chi connectivity index (χ3v) is 8.65. The first kappa shape index (κ1) is 22.8. The Labute approximate surface area is 200 Å². The molecule has 0 bridgehead atoms. The minimum atomic E-state index is -3.83. The van der Waals surface area contributed by atoms with Crippen molar-refractivity contribution >= 4 is 20.9 Å². The summed E-state index contributed by atoms with van der Waals surface area (Å²) in [5.74, 6) is 0. The van der Waals surface area contributed by atoms with Gasteiger partial charge in [0.25, 0.3) is 10.0 Å². The van der Waals surface area contributed by atoms with E-state index in [0.717, 1.165) is 46.3 Å². The molecule has 1 aliphatic heterocycles. The number of aromatic nitrogens is 2. The highest BCUT2D eigenvalue weighted by Gasteiger charge is 2.36. The Morgan fingerprint density at radius 1 is 1.12 bits per heavy atom. The Morgan fingerprint density at radius 2 is 1.85 bits per heavy atom. The number of aryl methyl sites for hydroxylation is 1. The van der Waals surface area contributed by atoms with Gasteiger partial charge in [-0.05, 0) is 69.1 Å². The molecule has 5 rings (SSSR count). The van der Waals surface area contributed by atoms with E-state index < -0.39 is 16.1 Å². The van der Waals surface area contributed by atoms with Gasteiger partial charge in [-0.1, -0.05) is 35.9 Å². The van der Waals surface area contributed by atoms with Crippen molar-refractivity contribution in [2.75, 3.05) is 13.6 Å². The predicted molar refractivity (Wildman–Crippen MR) is 133 cm³/mol. The Hall–Kier alpha value is -3.00. The van der Waals surface area contributed by atoms with E-state index in [1.165, 1.54) is 0 Å². The van der Waals surface area contributed by atoms with E-state index in [2.05, 4.69) is 9.88 Å². The van der Waals surface area contributed by atoms with E-state index in [1.54, 1.807) is 35.4 Å². The van der Waals surface area contributed by atoms with Gasteiger partial charge in [0.05, 0.1) is 28.3 Å². The van der Waals surface area contributed by atoms with Gasteiger partial charge in [-0.25, -0.2) is 12.4 Å². The van der Waals surface area contributed by atoms with Crippen molar-refractivity contribution in [2.24, 2.45) is 0 Å². The zero-order chi connectivity index (χ0) is 24.0. The molecule has 0 fully saturated rings. The summed E-state index contributed by atoms with van der Waals surface area (Å²) in [4.78, 5) is 6.68. The molecule has 0 spiro atoms. The fraction of sp³-hybridized carbons (Fsp3) is 0.296. The molecule has 7 heteroatoms. The summed E-state index contributed by atoms with van der Waals surface area (Å²) < 4.78 is 29.7. The lowest BCUT2D eigenvalue weighted by atomic mass is 9.91. The Kier molecular flexibility index (Phi) is 5.80. The lowest BCUT2D eigenvalue weighted by molar-refractivity contribution is 0.194. The number of hydrogen-bond donors (Lipinski definition) is 1. The molecular formula is C27H29N3O3S. The van der Waals surface area contributed by atoms with Crippen LogP contribution in [0.2, 0.25) is 0 Å². The van der Waals surface area contributed by atoms with E-state index in [0.29, 0.717) is 11.9 Å². The molecule has 0 saturated heterocycles. The van der Waals surface area contributed by atoms with Crippen molar-refractivity contribution in [3.8, 4) is 0 Å². The fourth-order valence-electron chi connectivity index (χ4n) is 5.08. The average Bonchev–Trinajstić information content (AvgIpc) is 3.17. The van der Waals surface area contributed by atoms with Gasteiger partial charge in [-0.3, -0.25) is 9.88 Å². The molecule has 4 aromatic rings. The molecule has 0 aliphatic carbocycles. The zero-order valence-corrected chi connectivity index (χ0v) is 20.5. The first-order valence-electron chi connectivity index (χ1n) is 11.5.